The Balaban J connectivity index is 2.87. The van der Waals surface area contributed by atoms with Crippen LogP contribution in [0.1, 0.15) is 12.5 Å². The molecule has 0 saturated carbocycles. The second-order valence-corrected chi connectivity index (χ2v) is 3.56. The molecule has 0 aliphatic rings. The van der Waals surface area contributed by atoms with Crippen LogP contribution < -0.4 is 10.4 Å². The molecule has 0 fully saturated rings. The first-order chi connectivity index (χ1) is 8.04. The minimum absolute atomic E-state index is 0.120. The van der Waals surface area contributed by atoms with Crippen molar-refractivity contribution in [2.24, 2.45) is 0 Å². The van der Waals surface area contributed by atoms with Crippen molar-refractivity contribution < 1.29 is 17.9 Å². The summed E-state index contributed by atoms with van der Waals surface area (Å²) in [6.45, 7) is 3.31. The van der Waals surface area contributed by atoms with Crippen LogP contribution in [0.25, 0.3) is 11.0 Å². The van der Waals surface area contributed by atoms with E-state index in [1.807, 2.05) is 0 Å². The molecule has 1 aromatic carbocycles. The van der Waals surface area contributed by atoms with Gasteiger partial charge in [-0.15, -0.1) is 0 Å². The maximum atomic E-state index is 13.9. The number of ether oxygens (including phenoxy) is 1. The predicted octanol–water partition coefficient (Wildman–Crippen LogP) is 2.78. The van der Waals surface area contributed by atoms with Crippen molar-refractivity contribution in [1.82, 2.24) is 0 Å². The molecular formula is C12H10F2O3. The number of rotatable bonds is 2. The van der Waals surface area contributed by atoms with Crippen LogP contribution in [0.3, 0.4) is 0 Å². The van der Waals surface area contributed by atoms with Crippen LogP contribution in [-0.4, -0.2) is 6.61 Å². The van der Waals surface area contributed by atoms with Gasteiger partial charge in [-0.1, -0.05) is 0 Å². The lowest BCUT2D eigenvalue weighted by Crippen LogP contribution is -2.03. The number of benzene rings is 1. The van der Waals surface area contributed by atoms with Crippen molar-refractivity contribution in [1.29, 1.82) is 0 Å². The molecule has 0 aliphatic carbocycles. The Morgan fingerprint density at radius 2 is 2.06 bits per heavy atom. The third-order valence-corrected chi connectivity index (χ3v) is 2.38. The molecule has 2 rings (SSSR count). The van der Waals surface area contributed by atoms with Crippen molar-refractivity contribution in [2.75, 3.05) is 6.61 Å². The van der Waals surface area contributed by atoms with E-state index in [9.17, 15) is 13.6 Å². The summed E-state index contributed by atoms with van der Waals surface area (Å²) in [6.07, 6.45) is 0. The lowest BCUT2D eigenvalue weighted by atomic mass is 10.1. The fraction of sp³-hybridized carbons (Fsp3) is 0.250. The van der Waals surface area contributed by atoms with Crippen LogP contribution in [0, 0.1) is 18.6 Å². The van der Waals surface area contributed by atoms with Gasteiger partial charge in [0, 0.05) is 11.5 Å². The molecule has 0 radical (unpaired) electrons. The van der Waals surface area contributed by atoms with Gasteiger partial charge in [-0.05, 0) is 25.5 Å². The highest BCUT2D eigenvalue weighted by Gasteiger charge is 2.18. The SMILES string of the molecule is CCOc1c(F)cc2c(C)cc(=O)oc2c1F. The quantitative estimate of drug-likeness (QED) is 0.758. The zero-order valence-electron chi connectivity index (χ0n) is 9.34. The van der Waals surface area contributed by atoms with Gasteiger partial charge >= 0.3 is 5.63 Å². The Morgan fingerprint density at radius 3 is 2.71 bits per heavy atom. The van der Waals surface area contributed by atoms with Crippen molar-refractivity contribution in [3.63, 3.8) is 0 Å². The van der Waals surface area contributed by atoms with E-state index in [2.05, 4.69) is 0 Å². The zero-order chi connectivity index (χ0) is 12.6. The Morgan fingerprint density at radius 1 is 1.35 bits per heavy atom. The first kappa shape index (κ1) is 11.6. The van der Waals surface area contributed by atoms with Gasteiger partial charge in [0.1, 0.15) is 0 Å². The predicted molar refractivity (Wildman–Crippen MR) is 58.3 cm³/mol. The fourth-order valence-electron chi connectivity index (χ4n) is 1.64. The number of fused-ring (bicyclic) bond motifs is 1. The minimum Gasteiger partial charge on any atom is -0.488 e. The van der Waals surface area contributed by atoms with Crippen LogP contribution in [0.4, 0.5) is 8.78 Å². The maximum Gasteiger partial charge on any atom is 0.336 e. The summed E-state index contributed by atoms with van der Waals surface area (Å²) in [6, 6.07) is 2.28. The summed E-state index contributed by atoms with van der Waals surface area (Å²) >= 11 is 0. The molecule has 90 valence electrons. The van der Waals surface area contributed by atoms with Crippen molar-refractivity contribution in [3.8, 4) is 5.75 Å². The van der Waals surface area contributed by atoms with Crippen molar-refractivity contribution >= 4 is 11.0 Å². The van der Waals surface area contributed by atoms with Crippen LogP contribution in [-0.2, 0) is 0 Å². The highest BCUT2D eigenvalue weighted by molar-refractivity contribution is 5.82. The topological polar surface area (TPSA) is 39.4 Å². The van der Waals surface area contributed by atoms with Crippen molar-refractivity contribution in [3.05, 3.63) is 39.8 Å². The van der Waals surface area contributed by atoms with Gasteiger partial charge < -0.3 is 9.15 Å². The van der Waals surface area contributed by atoms with Crippen LogP contribution in [0.15, 0.2) is 21.3 Å². The monoisotopic (exact) mass is 240 g/mol. The molecule has 0 saturated heterocycles. The van der Waals surface area contributed by atoms with Gasteiger partial charge in [0.2, 0.25) is 5.82 Å². The van der Waals surface area contributed by atoms with E-state index in [0.29, 0.717) is 5.56 Å². The molecule has 0 amide bonds. The molecule has 1 heterocycles. The highest BCUT2D eigenvalue weighted by Crippen LogP contribution is 2.30. The van der Waals surface area contributed by atoms with Gasteiger partial charge in [-0.3, -0.25) is 0 Å². The average molecular weight is 240 g/mol. The van der Waals surface area contributed by atoms with Gasteiger partial charge in [-0.2, -0.15) is 4.39 Å². The summed E-state index contributed by atoms with van der Waals surface area (Å²) < 4.78 is 37.0. The average Bonchev–Trinajstić information content (AvgIpc) is 2.26. The number of halogens is 2. The molecule has 5 heteroatoms. The van der Waals surface area contributed by atoms with Crippen molar-refractivity contribution in [2.45, 2.75) is 13.8 Å². The molecule has 0 bridgehead atoms. The molecule has 1 aromatic heterocycles. The molecule has 0 N–H and O–H groups in total. The van der Waals surface area contributed by atoms with E-state index in [0.717, 1.165) is 6.07 Å². The Kier molecular flexibility index (Phi) is 2.83. The molecule has 2 aromatic rings. The summed E-state index contributed by atoms with van der Waals surface area (Å²) in [7, 11) is 0. The van der Waals surface area contributed by atoms with E-state index in [1.165, 1.54) is 6.07 Å². The summed E-state index contributed by atoms with van der Waals surface area (Å²) in [5.41, 5.74) is -0.500. The summed E-state index contributed by atoms with van der Waals surface area (Å²) in [4.78, 5) is 11.1. The third-order valence-electron chi connectivity index (χ3n) is 2.38. The first-order valence-electron chi connectivity index (χ1n) is 5.09. The fourth-order valence-corrected chi connectivity index (χ4v) is 1.64. The van der Waals surface area contributed by atoms with Gasteiger partial charge in [-0.25, -0.2) is 9.18 Å². The largest absolute Gasteiger partial charge is 0.488 e. The lowest BCUT2D eigenvalue weighted by Gasteiger charge is -2.08. The zero-order valence-corrected chi connectivity index (χ0v) is 9.34. The van der Waals surface area contributed by atoms with E-state index in [4.69, 9.17) is 9.15 Å². The summed E-state index contributed by atoms with van der Waals surface area (Å²) in [5, 5.41) is 0.225. The molecular weight excluding hydrogens is 230 g/mol. The molecule has 3 nitrogen and oxygen atoms in total. The second-order valence-electron chi connectivity index (χ2n) is 3.56. The molecule has 0 atom stereocenters. The number of aryl methyl sites for hydroxylation is 1. The molecule has 17 heavy (non-hydrogen) atoms. The van der Waals surface area contributed by atoms with E-state index >= 15 is 0 Å². The smallest absolute Gasteiger partial charge is 0.336 e. The number of hydrogen-bond donors (Lipinski definition) is 0. The highest BCUT2D eigenvalue weighted by atomic mass is 19.1. The maximum absolute atomic E-state index is 13.9. The van der Waals surface area contributed by atoms with Crippen LogP contribution in [0.5, 0.6) is 5.75 Å². The first-order valence-corrected chi connectivity index (χ1v) is 5.09. The molecule has 0 unspecified atom stereocenters. The van der Waals surface area contributed by atoms with Crippen LogP contribution >= 0.6 is 0 Å². The normalized spacial score (nSPS) is 10.8. The van der Waals surface area contributed by atoms with Gasteiger partial charge in [0.15, 0.2) is 17.1 Å². The van der Waals surface area contributed by atoms with Gasteiger partial charge in [0.25, 0.3) is 0 Å². The molecule has 0 spiro atoms. The third kappa shape index (κ3) is 1.88. The van der Waals surface area contributed by atoms with Gasteiger partial charge in [0.05, 0.1) is 6.61 Å². The Hall–Kier alpha value is -1.91. The van der Waals surface area contributed by atoms with E-state index < -0.39 is 23.0 Å². The van der Waals surface area contributed by atoms with E-state index in [1.54, 1.807) is 13.8 Å². The van der Waals surface area contributed by atoms with Crippen LogP contribution in [0.2, 0.25) is 0 Å². The minimum atomic E-state index is -0.984. The second kappa shape index (κ2) is 4.16. The molecule has 0 aliphatic heterocycles. The Labute approximate surface area is 95.6 Å². The Bertz CT molecular complexity index is 632. The standard InChI is InChI=1S/C12H10F2O3/c1-3-16-12-8(13)5-7-6(2)4-9(15)17-11(7)10(12)14/h4-5H,3H2,1-2H3. The lowest BCUT2D eigenvalue weighted by molar-refractivity contribution is 0.302. The summed E-state index contributed by atoms with van der Waals surface area (Å²) in [5.74, 6) is -2.31. The number of hydrogen-bond acceptors (Lipinski definition) is 3. The van der Waals surface area contributed by atoms with E-state index in [-0.39, 0.29) is 17.6 Å².